The Bertz CT molecular complexity index is 481. The van der Waals surface area contributed by atoms with E-state index in [1.807, 2.05) is 0 Å². The van der Waals surface area contributed by atoms with E-state index in [0.29, 0.717) is 12.8 Å². The van der Waals surface area contributed by atoms with Crippen molar-refractivity contribution < 1.29 is 36.3 Å². The minimum absolute atomic E-state index is 0.165. The fourth-order valence-corrected chi connectivity index (χ4v) is 12.5. The van der Waals surface area contributed by atoms with E-state index in [9.17, 15) is 9.13 Å². The minimum atomic E-state index is -3.55. The summed E-state index contributed by atoms with van der Waals surface area (Å²) in [5, 5.41) is -0.291. The molecule has 0 radical (unpaired) electrons. The van der Waals surface area contributed by atoms with Crippen molar-refractivity contribution in [3.63, 3.8) is 0 Å². The molecule has 0 aromatic heterocycles. The summed E-state index contributed by atoms with van der Waals surface area (Å²) < 4.78 is 66.0. The Kier molecular flexibility index (Phi) is 17.6. The molecule has 0 bridgehead atoms. The topological polar surface area (TPSA) is 98.8 Å². The van der Waals surface area contributed by atoms with Crippen molar-refractivity contribution in [3.8, 4) is 0 Å². The molecular formula is C17H38ClO9P2Sb. The molecule has 3 atom stereocenters. The van der Waals surface area contributed by atoms with Gasteiger partial charge in [0.2, 0.25) is 0 Å². The van der Waals surface area contributed by atoms with Gasteiger partial charge in [0.05, 0.1) is 0 Å². The van der Waals surface area contributed by atoms with Crippen molar-refractivity contribution in [1.29, 1.82) is 0 Å². The molecule has 0 saturated carbocycles. The Hall–Kier alpha value is 1.29. The fourth-order valence-electron chi connectivity index (χ4n) is 2.29. The molecule has 3 unspecified atom stereocenters. The molecule has 30 heavy (non-hydrogen) atoms. The summed E-state index contributed by atoms with van der Waals surface area (Å²) in [6, 6.07) is 0. The number of hydrogen-bond acceptors (Lipinski definition) is 9. The first kappa shape index (κ1) is 31.3. The van der Waals surface area contributed by atoms with Crippen molar-refractivity contribution >= 4 is 48.3 Å². The second-order valence-electron chi connectivity index (χ2n) is 5.99. The van der Waals surface area contributed by atoms with E-state index in [2.05, 4.69) is 0 Å². The Morgan fingerprint density at radius 3 is 1.30 bits per heavy atom. The number of halogens is 1. The van der Waals surface area contributed by atoms with Gasteiger partial charge in [0.25, 0.3) is 0 Å². The molecule has 0 heterocycles. The molecule has 13 heteroatoms. The third-order valence-electron chi connectivity index (χ3n) is 3.47. The zero-order valence-corrected chi connectivity index (χ0v) is 24.2. The van der Waals surface area contributed by atoms with E-state index >= 15 is 0 Å². The SMILES string of the molecule is CCOP(=O)(OCC)C(CC)[O][Sb]([O]CC(C)Cl)[O]C(CC)P(=O)(OCC)OCC. The average molecular weight is 606 g/mol. The fraction of sp³-hybridized carbons (Fsp3) is 1.00. The van der Waals surface area contributed by atoms with Crippen molar-refractivity contribution in [3.05, 3.63) is 0 Å². The molecule has 0 amide bonds. The van der Waals surface area contributed by atoms with Crippen LogP contribution < -0.4 is 0 Å². The van der Waals surface area contributed by atoms with Gasteiger partial charge in [-0.15, -0.1) is 0 Å². The summed E-state index contributed by atoms with van der Waals surface area (Å²) >= 11 is 2.51. The molecular weight excluding hydrogens is 567 g/mol. The maximum absolute atomic E-state index is 13.2. The van der Waals surface area contributed by atoms with Crippen LogP contribution in [0.2, 0.25) is 0 Å². The van der Waals surface area contributed by atoms with Crippen molar-refractivity contribution in [2.24, 2.45) is 0 Å². The first-order chi connectivity index (χ1) is 14.2. The van der Waals surface area contributed by atoms with Gasteiger partial charge in [-0.1, -0.05) is 0 Å². The number of rotatable bonds is 19. The molecule has 0 aromatic rings. The van der Waals surface area contributed by atoms with Crippen LogP contribution in [0.1, 0.15) is 61.3 Å². The predicted molar refractivity (Wildman–Crippen MR) is 119 cm³/mol. The molecule has 0 fully saturated rings. The van der Waals surface area contributed by atoms with Gasteiger partial charge in [0.15, 0.2) is 0 Å². The van der Waals surface area contributed by atoms with E-state index in [-0.39, 0.29) is 38.4 Å². The van der Waals surface area contributed by atoms with Gasteiger partial charge in [0, 0.05) is 0 Å². The monoisotopic (exact) mass is 604 g/mol. The molecule has 9 nitrogen and oxygen atoms in total. The number of hydrogen-bond donors (Lipinski definition) is 0. The molecule has 0 rings (SSSR count). The Labute approximate surface area is 195 Å². The zero-order chi connectivity index (χ0) is 23.2. The molecule has 0 saturated heterocycles. The Morgan fingerprint density at radius 2 is 1.07 bits per heavy atom. The van der Waals surface area contributed by atoms with Crippen LogP contribution in [0.3, 0.4) is 0 Å². The first-order valence-electron chi connectivity index (χ1n) is 10.3. The summed E-state index contributed by atoms with van der Waals surface area (Å²) in [5.74, 6) is -1.75. The maximum atomic E-state index is 13.2. The van der Waals surface area contributed by atoms with Crippen molar-refractivity contribution in [2.75, 3.05) is 33.0 Å². The molecule has 0 aromatic carbocycles. The van der Waals surface area contributed by atoms with E-state index in [0.717, 1.165) is 0 Å². The third kappa shape index (κ3) is 10.9. The van der Waals surface area contributed by atoms with Crippen LogP contribution in [0.25, 0.3) is 0 Å². The Balaban J connectivity index is 5.69. The van der Waals surface area contributed by atoms with Crippen molar-refractivity contribution in [2.45, 2.75) is 78.4 Å². The molecule has 0 N–H and O–H groups in total. The van der Waals surface area contributed by atoms with Crippen LogP contribution in [0.15, 0.2) is 0 Å². The van der Waals surface area contributed by atoms with Crippen LogP contribution in [-0.2, 0) is 36.3 Å². The van der Waals surface area contributed by atoms with E-state index < -0.39 is 48.4 Å². The van der Waals surface area contributed by atoms with Crippen LogP contribution in [0.5, 0.6) is 0 Å². The normalized spacial score (nSPS) is 16.0. The van der Waals surface area contributed by atoms with Crippen LogP contribution >= 0.6 is 26.8 Å². The average Bonchev–Trinajstić information content (AvgIpc) is 2.67. The number of alkyl halides is 1. The van der Waals surface area contributed by atoms with Crippen LogP contribution in [0.4, 0.5) is 0 Å². The second-order valence-corrected chi connectivity index (χ2v) is 14.3. The molecule has 0 aliphatic carbocycles. The van der Waals surface area contributed by atoms with Crippen molar-refractivity contribution in [1.82, 2.24) is 0 Å². The molecule has 0 spiro atoms. The third-order valence-corrected chi connectivity index (χ3v) is 12.9. The summed E-state index contributed by atoms with van der Waals surface area (Å²) in [5.41, 5.74) is 0. The summed E-state index contributed by atoms with van der Waals surface area (Å²) in [6.45, 7) is 13.3. The summed E-state index contributed by atoms with van der Waals surface area (Å²) in [7, 11) is -7.10. The van der Waals surface area contributed by atoms with Gasteiger partial charge in [0.1, 0.15) is 0 Å². The summed E-state index contributed by atoms with van der Waals surface area (Å²) in [4.78, 5) is 0. The van der Waals surface area contributed by atoms with Gasteiger partial charge in [-0.2, -0.15) is 0 Å². The quantitative estimate of drug-likeness (QED) is 0.105. The van der Waals surface area contributed by atoms with E-state index in [4.69, 9.17) is 38.7 Å². The van der Waals surface area contributed by atoms with E-state index in [1.165, 1.54) is 0 Å². The van der Waals surface area contributed by atoms with Gasteiger partial charge in [-0.05, 0) is 0 Å². The molecule has 0 aliphatic rings. The van der Waals surface area contributed by atoms with Gasteiger partial charge in [-0.25, -0.2) is 0 Å². The Morgan fingerprint density at radius 1 is 0.733 bits per heavy atom. The van der Waals surface area contributed by atoms with Gasteiger partial charge < -0.3 is 0 Å². The molecule has 0 aliphatic heterocycles. The van der Waals surface area contributed by atoms with Gasteiger partial charge >= 0.3 is 196 Å². The van der Waals surface area contributed by atoms with E-state index in [1.54, 1.807) is 48.5 Å². The zero-order valence-electron chi connectivity index (χ0n) is 19.1. The van der Waals surface area contributed by atoms with Gasteiger partial charge in [-0.3, -0.25) is 0 Å². The standard InChI is InChI=1S/2C7H16O4P.C3H6ClO.Sb/c2*1-4-7(8)12(9,10-5-2)11-6-3;1-3(4)2-5;/h2*7H,4-6H2,1-3H3;3H,2H2,1H3;/q3*-1;+3. The molecule has 182 valence electrons. The van der Waals surface area contributed by atoms with Crippen LogP contribution in [0, 0.1) is 0 Å². The second kappa shape index (κ2) is 16.8. The summed E-state index contributed by atoms with van der Waals surface area (Å²) in [6.07, 6.45) is 0.707. The predicted octanol–water partition coefficient (Wildman–Crippen LogP) is 5.65. The van der Waals surface area contributed by atoms with Crippen LogP contribution in [-0.4, -0.2) is 71.6 Å². The first-order valence-corrected chi connectivity index (χ1v) is 17.1.